The van der Waals surface area contributed by atoms with Crippen molar-refractivity contribution in [2.75, 3.05) is 6.79 Å². The topological polar surface area (TPSA) is 69.6 Å². The molecule has 26 heavy (non-hydrogen) atoms. The molecule has 3 rings (SSSR count). The number of hydrogen-bond acceptors (Lipinski definition) is 4. The maximum Gasteiger partial charge on any atom is 0.417 e. The molecule has 0 saturated carbocycles. The average molecular weight is 368 g/mol. The predicted octanol–water partition coefficient (Wildman–Crippen LogP) is 2.47. The van der Waals surface area contributed by atoms with Crippen LogP contribution in [0.3, 0.4) is 0 Å². The third-order valence-electron chi connectivity index (χ3n) is 3.90. The minimum atomic E-state index is -4.59. The highest BCUT2D eigenvalue weighted by Crippen LogP contribution is 2.34. The van der Waals surface area contributed by atoms with Crippen molar-refractivity contribution in [1.82, 2.24) is 9.88 Å². The Labute approximate surface area is 146 Å². The number of pyridine rings is 1. The van der Waals surface area contributed by atoms with Crippen LogP contribution in [0.25, 0.3) is 0 Å². The lowest BCUT2D eigenvalue weighted by atomic mass is 10.1. The summed E-state index contributed by atoms with van der Waals surface area (Å²) in [6, 6.07) is 6.21. The van der Waals surface area contributed by atoms with Gasteiger partial charge in [0.1, 0.15) is 6.54 Å². The second-order valence-electron chi connectivity index (χ2n) is 5.78. The summed E-state index contributed by atoms with van der Waals surface area (Å²) < 4.78 is 49.4. The minimum Gasteiger partial charge on any atom is -0.454 e. The van der Waals surface area contributed by atoms with Gasteiger partial charge in [0.05, 0.1) is 11.6 Å². The van der Waals surface area contributed by atoms with Crippen LogP contribution in [0.5, 0.6) is 11.5 Å². The van der Waals surface area contributed by atoms with Gasteiger partial charge >= 0.3 is 6.18 Å². The van der Waals surface area contributed by atoms with E-state index in [-0.39, 0.29) is 6.79 Å². The second-order valence-corrected chi connectivity index (χ2v) is 5.78. The summed E-state index contributed by atoms with van der Waals surface area (Å²) in [7, 11) is 0. The molecule has 0 radical (unpaired) electrons. The van der Waals surface area contributed by atoms with Gasteiger partial charge in [-0.15, -0.1) is 0 Å². The molecule has 2 aromatic rings. The van der Waals surface area contributed by atoms with E-state index in [0.717, 1.165) is 16.2 Å². The van der Waals surface area contributed by atoms with E-state index in [2.05, 4.69) is 5.32 Å². The average Bonchev–Trinajstić information content (AvgIpc) is 3.03. The van der Waals surface area contributed by atoms with Crippen LogP contribution in [0.1, 0.15) is 24.1 Å². The van der Waals surface area contributed by atoms with E-state index in [1.165, 1.54) is 0 Å². The van der Waals surface area contributed by atoms with E-state index in [1.807, 2.05) is 0 Å². The van der Waals surface area contributed by atoms with Crippen LogP contribution in [0.2, 0.25) is 0 Å². The molecule has 1 N–H and O–H groups in total. The number of hydrogen-bond donors (Lipinski definition) is 1. The van der Waals surface area contributed by atoms with Crippen LogP contribution in [0.4, 0.5) is 13.2 Å². The lowest BCUT2D eigenvalue weighted by molar-refractivity contribution is -0.138. The molecule has 1 amide bonds. The van der Waals surface area contributed by atoms with Crippen LogP contribution >= 0.6 is 0 Å². The first kappa shape index (κ1) is 17.8. The van der Waals surface area contributed by atoms with Gasteiger partial charge in [-0.1, -0.05) is 6.07 Å². The molecular weight excluding hydrogens is 353 g/mol. The SMILES string of the molecule is C[C@H](NC(=O)Cn1cc(C(F)(F)F)ccc1=O)c1ccc2c(c1)OCO2. The quantitative estimate of drug-likeness (QED) is 0.900. The molecule has 1 aromatic heterocycles. The largest absolute Gasteiger partial charge is 0.454 e. The molecule has 1 atom stereocenters. The van der Waals surface area contributed by atoms with Crippen LogP contribution in [0.15, 0.2) is 41.3 Å². The summed E-state index contributed by atoms with van der Waals surface area (Å²) in [5.74, 6) is 0.567. The lowest BCUT2D eigenvalue weighted by Crippen LogP contribution is -2.34. The number of aromatic nitrogens is 1. The lowest BCUT2D eigenvalue weighted by Gasteiger charge is -2.16. The zero-order valence-electron chi connectivity index (χ0n) is 13.7. The monoisotopic (exact) mass is 368 g/mol. The summed E-state index contributed by atoms with van der Waals surface area (Å²) in [5, 5.41) is 2.64. The Morgan fingerprint density at radius 1 is 1.23 bits per heavy atom. The predicted molar refractivity (Wildman–Crippen MR) is 84.8 cm³/mol. The Morgan fingerprint density at radius 2 is 1.96 bits per heavy atom. The summed E-state index contributed by atoms with van der Waals surface area (Å²) in [6.07, 6.45) is -3.96. The van der Waals surface area contributed by atoms with Gasteiger partial charge in [-0.2, -0.15) is 13.2 Å². The fourth-order valence-corrected chi connectivity index (χ4v) is 2.53. The number of nitrogens with one attached hydrogen (secondary N) is 1. The van der Waals surface area contributed by atoms with E-state index in [4.69, 9.17) is 9.47 Å². The van der Waals surface area contributed by atoms with Crippen molar-refractivity contribution in [3.05, 3.63) is 58.0 Å². The normalized spacial score (nSPS) is 14.2. The van der Waals surface area contributed by atoms with Gasteiger partial charge in [0.15, 0.2) is 11.5 Å². The van der Waals surface area contributed by atoms with Crippen molar-refractivity contribution in [2.24, 2.45) is 0 Å². The maximum atomic E-state index is 12.7. The van der Waals surface area contributed by atoms with Gasteiger partial charge in [-0.05, 0) is 30.7 Å². The molecule has 0 bridgehead atoms. The molecule has 1 aliphatic heterocycles. The van der Waals surface area contributed by atoms with Crippen LogP contribution in [-0.4, -0.2) is 17.3 Å². The molecule has 0 saturated heterocycles. The first-order valence-corrected chi connectivity index (χ1v) is 7.70. The van der Waals surface area contributed by atoms with E-state index in [1.54, 1.807) is 25.1 Å². The third kappa shape index (κ3) is 3.81. The number of fused-ring (bicyclic) bond motifs is 1. The molecular formula is C17H15F3N2O4. The Hall–Kier alpha value is -2.97. The first-order chi connectivity index (χ1) is 12.2. The second kappa shape index (κ2) is 6.74. The number of rotatable bonds is 4. The molecule has 0 fully saturated rings. The smallest absolute Gasteiger partial charge is 0.417 e. The van der Waals surface area contributed by atoms with Gasteiger partial charge in [-0.3, -0.25) is 9.59 Å². The number of amides is 1. The third-order valence-corrected chi connectivity index (χ3v) is 3.90. The maximum absolute atomic E-state index is 12.7. The molecule has 1 aliphatic rings. The highest BCUT2D eigenvalue weighted by Gasteiger charge is 2.31. The van der Waals surface area contributed by atoms with Crippen molar-refractivity contribution in [3.63, 3.8) is 0 Å². The highest BCUT2D eigenvalue weighted by atomic mass is 19.4. The fraction of sp³-hybridized carbons (Fsp3) is 0.294. The van der Waals surface area contributed by atoms with Crippen molar-refractivity contribution in [1.29, 1.82) is 0 Å². The van der Waals surface area contributed by atoms with Crippen molar-refractivity contribution >= 4 is 5.91 Å². The number of nitrogens with zero attached hydrogens (tertiary/aromatic N) is 1. The molecule has 1 aromatic carbocycles. The van der Waals surface area contributed by atoms with Crippen molar-refractivity contribution in [2.45, 2.75) is 25.7 Å². The first-order valence-electron chi connectivity index (χ1n) is 7.70. The Bertz CT molecular complexity index is 892. The van der Waals surface area contributed by atoms with E-state index >= 15 is 0 Å². The van der Waals surface area contributed by atoms with Gasteiger partial charge < -0.3 is 19.4 Å². The van der Waals surface area contributed by atoms with Gasteiger partial charge in [0, 0.05) is 12.3 Å². The van der Waals surface area contributed by atoms with Crippen LogP contribution in [-0.2, 0) is 17.5 Å². The van der Waals surface area contributed by atoms with Crippen molar-refractivity contribution in [3.8, 4) is 11.5 Å². The number of carbonyl (C=O) groups excluding carboxylic acids is 1. The molecule has 6 nitrogen and oxygen atoms in total. The molecule has 0 aliphatic carbocycles. The zero-order chi connectivity index (χ0) is 18.9. The Morgan fingerprint density at radius 3 is 2.69 bits per heavy atom. The number of halogens is 3. The van der Waals surface area contributed by atoms with Gasteiger partial charge in [0.25, 0.3) is 5.56 Å². The van der Waals surface area contributed by atoms with Crippen LogP contribution < -0.4 is 20.3 Å². The minimum absolute atomic E-state index is 0.123. The molecule has 2 heterocycles. The van der Waals surface area contributed by atoms with Gasteiger partial charge in [-0.25, -0.2) is 0 Å². The fourth-order valence-electron chi connectivity index (χ4n) is 2.53. The standard InChI is InChI=1S/C17H15F3N2O4/c1-10(11-2-4-13-14(6-11)26-9-25-13)21-15(23)8-22-7-12(17(18,19)20)3-5-16(22)24/h2-7,10H,8-9H2,1H3,(H,21,23)/t10-/m0/s1. The summed E-state index contributed by atoms with van der Waals surface area (Å²) in [6.45, 7) is 1.32. The summed E-state index contributed by atoms with van der Waals surface area (Å²) >= 11 is 0. The zero-order valence-corrected chi connectivity index (χ0v) is 13.7. The number of benzene rings is 1. The molecule has 9 heteroatoms. The highest BCUT2D eigenvalue weighted by molar-refractivity contribution is 5.76. The number of alkyl halides is 3. The summed E-state index contributed by atoms with van der Waals surface area (Å²) in [4.78, 5) is 23.8. The molecule has 138 valence electrons. The van der Waals surface area contributed by atoms with Gasteiger partial charge in [0.2, 0.25) is 12.7 Å². The number of carbonyl (C=O) groups is 1. The Balaban J connectivity index is 1.70. The Kier molecular flexibility index (Phi) is 4.62. The van der Waals surface area contributed by atoms with Crippen molar-refractivity contribution < 1.29 is 27.4 Å². The molecule has 0 unspecified atom stereocenters. The molecule has 0 spiro atoms. The number of ether oxygens (including phenoxy) is 2. The van der Waals surface area contributed by atoms with Crippen LogP contribution in [0, 0.1) is 0 Å². The van der Waals surface area contributed by atoms with E-state index in [0.29, 0.717) is 23.8 Å². The summed E-state index contributed by atoms with van der Waals surface area (Å²) in [5.41, 5.74) is -0.948. The van der Waals surface area contributed by atoms with E-state index < -0.39 is 35.8 Å². The van der Waals surface area contributed by atoms with E-state index in [9.17, 15) is 22.8 Å².